The molecule has 0 spiro atoms. The lowest BCUT2D eigenvalue weighted by atomic mass is 9.82. The highest BCUT2D eigenvalue weighted by Gasteiger charge is 2.18. The maximum Gasteiger partial charge on any atom is 0.0641 e. The standard InChI is InChI=1S/C15H21Cl2N/c1-10-4-3-5-12(6-10)9-18-15-8-13(16)11(2)7-14(15)17/h7-8,10,12,18H,3-6,9H2,1-2H3. The molecule has 0 heterocycles. The van der Waals surface area contributed by atoms with Gasteiger partial charge in [0.25, 0.3) is 0 Å². The molecule has 1 nitrogen and oxygen atoms in total. The number of benzene rings is 1. The largest absolute Gasteiger partial charge is 0.384 e. The van der Waals surface area contributed by atoms with Gasteiger partial charge in [-0.05, 0) is 49.3 Å². The van der Waals surface area contributed by atoms with Gasteiger partial charge in [0.1, 0.15) is 0 Å². The Morgan fingerprint density at radius 1 is 1.22 bits per heavy atom. The highest BCUT2D eigenvalue weighted by Crippen LogP contribution is 2.31. The third-order valence-electron chi connectivity index (χ3n) is 3.87. The Morgan fingerprint density at radius 3 is 2.72 bits per heavy atom. The number of rotatable bonds is 3. The quantitative estimate of drug-likeness (QED) is 0.769. The Kier molecular flexibility index (Phi) is 4.80. The number of anilines is 1. The van der Waals surface area contributed by atoms with Crippen LogP contribution in [-0.4, -0.2) is 6.54 Å². The van der Waals surface area contributed by atoms with Crippen LogP contribution in [-0.2, 0) is 0 Å². The molecule has 0 aliphatic heterocycles. The molecule has 2 atom stereocenters. The third-order valence-corrected chi connectivity index (χ3v) is 4.59. The van der Waals surface area contributed by atoms with Gasteiger partial charge in [-0.1, -0.05) is 43.0 Å². The summed E-state index contributed by atoms with van der Waals surface area (Å²) in [6.45, 7) is 5.33. The molecule has 0 amide bonds. The lowest BCUT2D eigenvalue weighted by molar-refractivity contribution is 0.293. The first-order chi connectivity index (χ1) is 8.56. The fraction of sp³-hybridized carbons (Fsp3) is 0.600. The zero-order valence-corrected chi connectivity index (χ0v) is 12.6. The predicted molar refractivity (Wildman–Crippen MR) is 80.8 cm³/mol. The van der Waals surface area contributed by atoms with Crippen LogP contribution in [0.15, 0.2) is 12.1 Å². The number of aryl methyl sites for hydroxylation is 1. The van der Waals surface area contributed by atoms with Crippen LogP contribution in [0.5, 0.6) is 0 Å². The van der Waals surface area contributed by atoms with Gasteiger partial charge in [0.2, 0.25) is 0 Å². The summed E-state index contributed by atoms with van der Waals surface area (Å²) in [5.41, 5.74) is 1.99. The minimum atomic E-state index is 0.765. The molecule has 0 radical (unpaired) electrons. The summed E-state index contributed by atoms with van der Waals surface area (Å²) in [6, 6.07) is 3.86. The molecule has 1 aliphatic carbocycles. The van der Waals surface area contributed by atoms with Crippen molar-refractivity contribution in [1.29, 1.82) is 0 Å². The van der Waals surface area contributed by atoms with Crippen LogP contribution < -0.4 is 5.32 Å². The van der Waals surface area contributed by atoms with E-state index < -0.39 is 0 Å². The van der Waals surface area contributed by atoms with E-state index in [2.05, 4.69) is 12.2 Å². The molecule has 1 aromatic rings. The number of nitrogens with one attached hydrogen (secondary N) is 1. The molecule has 2 rings (SSSR count). The molecule has 0 bridgehead atoms. The van der Waals surface area contributed by atoms with Crippen LogP contribution in [0.3, 0.4) is 0 Å². The van der Waals surface area contributed by atoms with Gasteiger partial charge < -0.3 is 5.32 Å². The number of halogens is 2. The molecule has 0 saturated heterocycles. The molecule has 100 valence electrons. The van der Waals surface area contributed by atoms with Crippen LogP contribution in [0.1, 0.15) is 38.2 Å². The molecular weight excluding hydrogens is 265 g/mol. The normalized spacial score (nSPS) is 24.0. The molecule has 0 aromatic heterocycles. The van der Waals surface area contributed by atoms with E-state index in [-0.39, 0.29) is 0 Å². The Hall–Kier alpha value is -0.400. The summed E-state index contributed by atoms with van der Waals surface area (Å²) in [5, 5.41) is 5.00. The van der Waals surface area contributed by atoms with E-state index in [0.29, 0.717) is 0 Å². The van der Waals surface area contributed by atoms with Crippen LogP contribution in [0.2, 0.25) is 10.0 Å². The maximum atomic E-state index is 6.23. The SMILES string of the molecule is Cc1cc(Cl)c(NCC2CCCC(C)C2)cc1Cl. The van der Waals surface area contributed by atoms with Gasteiger partial charge in [-0.25, -0.2) is 0 Å². The second-order valence-electron chi connectivity index (χ2n) is 5.60. The van der Waals surface area contributed by atoms with E-state index in [4.69, 9.17) is 23.2 Å². The summed E-state index contributed by atoms with van der Waals surface area (Å²) in [4.78, 5) is 0. The second-order valence-corrected chi connectivity index (χ2v) is 6.41. The van der Waals surface area contributed by atoms with E-state index in [1.807, 2.05) is 19.1 Å². The fourth-order valence-electron chi connectivity index (χ4n) is 2.78. The van der Waals surface area contributed by atoms with Crippen molar-refractivity contribution in [3.8, 4) is 0 Å². The average Bonchev–Trinajstić information content (AvgIpc) is 2.32. The van der Waals surface area contributed by atoms with Crippen LogP contribution >= 0.6 is 23.2 Å². The smallest absolute Gasteiger partial charge is 0.0641 e. The molecular formula is C15H21Cl2N. The van der Waals surface area contributed by atoms with E-state index in [9.17, 15) is 0 Å². The fourth-order valence-corrected chi connectivity index (χ4v) is 3.23. The summed E-state index contributed by atoms with van der Waals surface area (Å²) >= 11 is 12.4. The van der Waals surface area contributed by atoms with Gasteiger partial charge in [0.05, 0.1) is 10.7 Å². The Morgan fingerprint density at radius 2 is 2.00 bits per heavy atom. The highest BCUT2D eigenvalue weighted by atomic mass is 35.5. The van der Waals surface area contributed by atoms with Crippen molar-refractivity contribution in [2.75, 3.05) is 11.9 Å². The lowest BCUT2D eigenvalue weighted by Crippen LogP contribution is -2.21. The number of hydrogen-bond donors (Lipinski definition) is 1. The van der Waals surface area contributed by atoms with Crippen molar-refractivity contribution < 1.29 is 0 Å². The summed E-state index contributed by atoms with van der Waals surface area (Å²) in [7, 11) is 0. The summed E-state index contributed by atoms with van der Waals surface area (Å²) in [5.74, 6) is 1.63. The van der Waals surface area contributed by atoms with E-state index in [1.54, 1.807) is 0 Å². The minimum Gasteiger partial charge on any atom is -0.384 e. The zero-order chi connectivity index (χ0) is 13.1. The molecule has 3 heteroatoms. The van der Waals surface area contributed by atoms with Crippen molar-refractivity contribution >= 4 is 28.9 Å². The molecule has 1 fully saturated rings. The van der Waals surface area contributed by atoms with Crippen LogP contribution in [0.4, 0.5) is 5.69 Å². The Bertz CT molecular complexity index is 417. The first-order valence-corrected chi connectivity index (χ1v) is 7.51. The second kappa shape index (κ2) is 6.16. The van der Waals surface area contributed by atoms with Crippen molar-refractivity contribution in [3.63, 3.8) is 0 Å². The van der Waals surface area contributed by atoms with Crippen molar-refractivity contribution in [2.45, 2.75) is 39.5 Å². The van der Waals surface area contributed by atoms with Crippen molar-refractivity contribution in [3.05, 3.63) is 27.7 Å². The van der Waals surface area contributed by atoms with Crippen molar-refractivity contribution in [1.82, 2.24) is 0 Å². The Labute approximate surface area is 120 Å². The lowest BCUT2D eigenvalue weighted by Gasteiger charge is -2.27. The first kappa shape index (κ1) is 14.0. The number of hydrogen-bond acceptors (Lipinski definition) is 1. The van der Waals surface area contributed by atoms with Gasteiger partial charge in [0.15, 0.2) is 0 Å². The molecule has 18 heavy (non-hydrogen) atoms. The highest BCUT2D eigenvalue weighted by molar-refractivity contribution is 6.35. The summed E-state index contributed by atoms with van der Waals surface area (Å²) < 4.78 is 0. The van der Waals surface area contributed by atoms with Gasteiger partial charge in [-0.3, -0.25) is 0 Å². The van der Waals surface area contributed by atoms with Crippen LogP contribution in [0, 0.1) is 18.8 Å². The van der Waals surface area contributed by atoms with Gasteiger partial charge in [-0.2, -0.15) is 0 Å². The predicted octanol–water partition coefficient (Wildman–Crippen LogP) is 5.54. The topological polar surface area (TPSA) is 12.0 Å². The van der Waals surface area contributed by atoms with Gasteiger partial charge in [-0.15, -0.1) is 0 Å². The maximum absolute atomic E-state index is 6.23. The zero-order valence-electron chi connectivity index (χ0n) is 11.1. The molecule has 1 saturated carbocycles. The molecule has 1 aliphatic rings. The van der Waals surface area contributed by atoms with E-state index in [0.717, 1.165) is 39.7 Å². The van der Waals surface area contributed by atoms with Crippen molar-refractivity contribution in [2.24, 2.45) is 11.8 Å². The van der Waals surface area contributed by atoms with Crippen LogP contribution in [0.25, 0.3) is 0 Å². The van der Waals surface area contributed by atoms with Gasteiger partial charge in [0, 0.05) is 11.6 Å². The average molecular weight is 286 g/mol. The minimum absolute atomic E-state index is 0.765. The third kappa shape index (κ3) is 3.55. The van der Waals surface area contributed by atoms with Gasteiger partial charge >= 0.3 is 0 Å². The first-order valence-electron chi connectivity index (χ1n) is 6.75. The van der Waals surface area contributed by atoms with E-state index in [1.165, 1.54) is 25.7 Å². The molecule has 2 unspecified atom stereocenters. The molecule has 1 aromatic carbocycles. The Balaban J connectivity index is 1.95. The molecule has 1 N–H and O–H groups in total. The van der Waals surface area contributed by atoms with E-state index >= 15 is 0 Å². The monoisotopic (exact) mass is 285 g/mol. The summed E-state index contributed by atoms with van der Waals surface area (Å²) in [6.07, 6.45) is 5.39.